The molecular weight excluding hydrogens is 758 g/mol. The van der Waals surface area contributed by atoms with Crippen LogP contribution in [0.3, 0.4) is 0 Å². The molecule has 10 nitrogen and oxygen atoms in total. The van der Waals surface area contributed by atoms with Gasteiger partial charge in [-0.15, -0.1) is 0 Å². The molecule has 1 saturated heterocycles. The number of nitrogens with zero attached hydrogens (tertiary/aromatic N) is 3. The van der Waals surface area contributed by atoms with Gasteiger partial charge in [0.25, 0.3) is 0 Å². The van der Waals surface area contributed by atoms with Crippen molar-refractivity contribution in [2.24, 2.45) is 5.92 Å². The van der Waals surface area contributed by atoms with Crippen molar-refractivity contribution >= 4 is 44.9 Å². The molecule has 1 atom stereocenters. The first-order valence-electron chi connectivity index (χ1n) is 16.4. The van der Waals surface area contributed by atoms with Crippen LogP contribution >= 0.6 is 23.2 Å². The van der Waals surface area contributed by atoms with Gasteiger partial charge in [-0.3, -0.25) is 9.21 Å². The molecule has 2 aromatic carbocycles. The summed E-state index contributed by atoms with van der Waals surface area (Å²) in [5.41, 5.74) is -1.77. The summed E-state index contributed by atoms with van der Waals surface area (Å²) in [6.45, 7) is -0.435. The van der Waals surface area contributed by atoms with Crippen LogP contribution in [0.4, 0.5) is 27.6 Å². The van der Waals surface area contributed by atoms with Crippen molar-refractivity contribution in [3.8, 4) is 11.5 Å². The van der Waals surface area contributed by atoms with Crippen LogP contribution in [-0.4, -0.2) is 90.0 Å². The molecule has 2 fully saturated rings. The Labute approximate surface area is 308 Å². The van der Waals surface area contributed by atoms with E-state index in [4.69, 9.17) is 32.7 Å². The highest BCUT2D eigenvalue weighted by molar-refractivity contribution is 7.92. The van der Waals surface area contributed by atoms with Crippen LogP contribution in [0, 0.1) is 5.92 Å². The fraction of sp³-hybridized carbons (Fsp3) is 0.471. The second kappa shape index (κ2) is 16.7. The lowest BCUT2D eigenvalue weighted by atomic mass is 10.0. The number of pyridine rings is 1. The molecule has 1 aromatic heterocycles. The van der Waals surface area contributed by atoms with Crippen LogP contribution < -0.4 is 18.8 Å². The van der Waals surface area contributed by atoms with E-state index in [9.17, 15) is 35.2 Å². The highest BCUT2D eigenvalue weighted by Crippen LogP contribution is 2.40. The Kier molecular flexibility index (Phi) is 12.8. The smallest absolute Gasteiger partial charge is 0.418 e. The topological polar surface area (TPSA) is 103 Å². The molecule has 0 amide bonds. The monoisotopic (exact) mass is 795 g/mol. The molecular formula is C34H38Cl2F5N4O6S+. The molecule has 1 saturated carbocycles. The van der Waals surface area contributed by atoms with E-state index in [1.807, 2.05) is 11.9 Å². The molecule has 18 heteroatoms. The number of piperazine rings is 1. The minimum atomic E-state index is -4.96. The Morgan fingerprint density at radius 3 is 2.29 bits per heavy atom. The van der Waals surface area contributed by atoms with Gasteiger partial charge < -0.3 is 19.1 Å². The van der Waals surface area contributed by atoms with Crippen LogP contribution in [0.5, 0.6) is 11.5 Å². The molecule has 0 unspecified atom stereocenters. The molecule has 2 heterocycles. The first-order chi connectivity index (χ1) is 24.5. The van der Waals surface area contributed by atoms with Crippen molar-refractivity contribution < 1.29 is 54.4 Å². The number of hydrogen-bond donors (Lipinski definition) is 0. The number of rotatable bonds is 15. The number of anilines is 1. The summed E-state index contributed by atoms with van der Waals surface area (Å²) in [6, 6.07) is 6.35. The number of H-pyrrole nitrogens is 1. The highest BCUT2D eigenvalue weighted by atomic mass is 35.5. The minimum Gasteiger partial charge on any atom is -0.489 e. The van der Waals surface area contributed by atoms with Crippen molar-refractivity contribution in [1.29, 1.82) is 0 Å². The highest BCUT2D eigenvalue weighted by Gasteiger charge is 2.38. The Bertz CT molecular complexity index is 1820. The number of carbonyl (C=O) groups excluding carboxylic acids is 1. The van der Waals surface area contributed by atoms with Crippen molar-refractivity contribution in [3.05, 3.63) is 81.1 Å². The van der Waals surface area contributed by atoms with Crippen molar-refractivity contribution in [2.45, 2.75) is 38.2 Å². The fourth-order valence-corrected chi connectivity index (χ4v) is 7.13. The van der Waals surface area contributed by atoms with E-state index in [-0.39, 0.29) is 64.7 Å². The number of benzene rings is 2. The van der Waals surface area contributed by atoms with Crippen LogP contribution in [-0.2, 0) is 27.4 Å². The van der Waals surface area contributed by atoms with Gasteiger partial charge in [0.1, 0.15) is 16.1 Å². The summed E-state index contributed by atoms with van der Waals surface area (Å²) >= 11 is 12.8. The molecule has 284 valence electrons. The van der Waals surface area contributed by atoms with E-state index in [0.717, 1.165) is 31.2 Å². The third-order valence-corrected chi connectivity index (χ3v) is 10.6. The molecule has 0 bridgehead atoms. The van der Waals surface area contributed by atoms with Crippen LogP contribution in [0.15, 0.2) is 48.8 Å². The Morgan fingerprint density at radius 2 is 1.69 bits per heavy atom. The molecule has 0 radical (unpaired) electrons. The Balaban J connectivity index is 1.50. The molecule has 1 aliphatic carbocycles. The van der Waals surface area contributed by atoms with E-state index in [1.165, 1.54) is 30.6 Å². The van der Waals surface area contributed by atoms with Crippen molar-refractivity contribution in [1.82, 2.24) is 9.80 Å². The number of likely N-dealkylation sites (N-methyl/N-ethyl adjacent to an activating group) is 1. The molecule has 2 aliphatic rings. The standard InChI is InChI=1S/C34H37Cl2F5N4O6S/c1-43-9-11-44(12-10-43)13-14-45(52(2,47)48)28-15-23(5-7-25(28)34(39,40)41)32(46)50-30(17-24-26(35)18-42-19-27(24)36)22-6-8-29(51-33(37)38)31(16-22)49-20-21-3-4-21/h5-8,15-16,18-19,21,30,33H,3-4,9-14,17,20H2,1-2H3/p+1/t30-/m0/s1. The summed E-state index contributed by atoms with van der Waals surface area (Å²) in [4.78, 5) is 20.6. The number of alkyl halides is 5. The normalized spacial score (nSPS) is 16.5. The Morgan fingerprint density at radius 1 is 1.02 bits per heavy atom. The number of ether oxygens (including phenoxy) is 3. The molecule has 5 rings (SSSR count). The van der Waals surface area contributed by atoms with E-state index in [0.29, 0.717) is 42.1 Å². The number of aromatic amines is 1. The number of carbonyl (C=O) groups is 1. The van der Waals surface area contributed by atoms with Crippen LogP contribution in [0.25, 0.3) is 0 Å². The van der Waals surface area contributed by atoms with Gasteiger partial charge in [-0.1, -0.05) is 29.3 Å². The molecule has 0 spiro atoms. The lowest BCUT2D eigenvalue weighted by Gasteiger charge is -2.34. The van der Waals surface area contributed by atoms with Crippen LogP contribution in [0.1, 0.15) is 46.0 Å². The van der Waals surface area contributed by atoms with Crippen molar-refractivity contribution in [3.63, 3.8) is 0 Å². The number of sulfonamides is 1. The van der Waals surface area contributed by atoms with E-state index in [1.54, 1.807) is 0 Å². The second-order valence-electron chi connectivity index (χ2n) is 12.8. The van der Waals surface area contributed by atoms with E-state index in [2.05, 4.69) is 14.6 Å². The van der Waals surface area contributed by atoms with Gasteiger partial charge in [0.15, 0.2) is 23.9 Å². The molecule has 1 N–H and O–H groups in total. The third kappa shape index (κ3) is 10.6. The van der Waals surface area contributed by atoms with Gasteiger partial charge >= 0.3 is 18.8 Å². The quantitative estimate of drug-likeness (QED) is 0.129. The predicted octanol–water partition coefficient (Wildman–Crippen LogP) is 6.37. The zero-order valence-electron chi connectivity index (χ0n) is 28.3. The summed E-state index contributed by atoms with van der Waals surface area (Å²) < 4.78 is 112. The number of hydrogen-bond acceptors (Lipinski definition) is 8. The van der Waals surface area contributed by atoms with Crippen molar-refractivity contribution in [2.75, 3.05) is 63.5 Å². The van der Waals surface area contributed by atoms with Gasteiger partial charge in [-0.25, -0.2) is 18.2 Å². The molecule has 1 aliphatic heterocycles. The number of aromatic nitrogens is 1. The SMILES string of the molecule is CN1CCN(CCN(c2cc(C(=O)O[C@@H](Cc3c(Cl)c[nH+]cc3Cl)c3ccc(OC(F)F)c(OCC4CC4)c3)ccc2C(F)(F)F)S(C)(=O)=O)CC1. The first kappa shape index (κ1) is 39.8. The number of esters is 1. The summed E-state index contributed by atoms with van der Waals surface area (Å²) in [6.07, 6.45) is -0.846. The van der Waals surface area contributed by atoms with Gasteiger partial charge in [-0.2, -0.15) is 22.0 Å². The number of halogens is 7. The predicted molar refractivity (Wildman–Crippen MR) is 184 cm³/mol. The third-order valence-electron chi connectivity index (χ3n) is 8.79. The number of nitrogens with one attached hydrogen (secondary N) is 1. The average Bonchev–Trinajstić information content (AvgIpc) is 3.90. The second-order valence-corrected chi connectivity index (χ2v) is 15.5. The fourth-order valence-electron chi connectivity index (χ4n) is 5.68. The summed E-state index contributed by atoms with van der Waals surface area (Å²) in [5.74, 6) is -1.14. The Hall–Kier alpha value is -3.44. The average molecular weight is 797 g/mol. The lowest BCUT2D eigenvalue weighted by molar-refractivity contribution is -0.377. The minimum absolute atomic E-state index is 0.0368. The van der Waals surface area contributed by atoms with Gasteiger partial charge in [-0.05, 0) is 61.7 Å². The lowest BCUT2D eigenvalue weighted by Crippen LogP contribution is -2.47. The van der Waals surface area contributed by atoms with Crippen LogP contribution in [0.2, 0.25) is 10.0 Å². The maximum Gasteiger partial charge on any atom is 0.418 e. The molecule has 52 heavy (non-hydrogen) atoms. The van der Waals surface area contributed by atoms with Gasteiger partial charge in [0.05, 0.1) is 29.7 Å². The van der Waals surface area contributed by atoms with Gasteiger partial charge in [0.2, 0.25) is 10.0 Å². The van der Waals surface area contributed by atoms with E-state index >= 15 is 0 Å². The zero-order valence-corrected chi connectivity index (χ0v) is 30.6. The maximum absolute atomic E-state index is 14.3. The zero-order chi connectivity index (χ0) is 37.8. The van der Waals surface area contributed by atoms with Gasteiger partial charge in [0, 0.05) is 51.3 Å². The summed E-state index contributed by atoms with van der Waals surface area (Å²) in [5, 5.41) is 0.356. The largest absolute Gasteiger partial charge is 0.489 e. The summed E-state index contributed by atoms with van der Waals surface area (Å²) in [7, 11) is -2.33. The molecule has 3 aromatic rings. The first-order valence-corrected chi connectivity index (χ1v) is 19.0. The van der Waals surface area contributed by atoms with E-state index < -0.39 is 46.1 Å². The maximum atomic E-state index is 14.3.